The maximum atomic E-state index is 11.9. The van der Waals surface area contributed by atoms with Crippen molar-refractivity contribution in [2.45, 2.75) is 26.9 Å². The van der Waals surface area contributed by atoms with Gasteiger partial charge in [0, 0.05) is 5.69 Å². The maximum Gasteiger partial charge on any atom is 0.347 e. The average Bonchev–Trinajstić information content (AvgIpc) is 2.52. The monoisotopic (exact) mass is 327 g/mol. The number of rotatable bonds is 6. The van der Waals surface area contributed by atoms with E-state index in [1.807, 2.05) is 50.2 Å². The number of carbonyl (C=O) groups excluding carboxylic acids is 2. The minimum atomic E-state index is -0.793. The number of hydrogen-bond acceptors (Lipinski definition) is 4. The fraction of sp³-hybridized carbons (Fsp3) is 0.263. The van der Waals surface area contributed by atoms with Crippen LogP contribution in [0.1, 0.15) is 18.1 Å². The van der Waals surface area contributed by atoms with Crippen LogP contribution in [-0.4, -0.2) is 24.6 Å². The normalized spacial score (nSPS) is 11.5. The molecule has 24 heavy (non-hydrogen) atoms. The molecule has 0 bridgehead atoms. The zero-order valence-corrected chi connectivity index (χ0v) is 14.0. The molecule has 5 nitrogen and oxygen atoms in total. The number of anilines is 1. The van der Waals surface area contributed by atoms with Crippen LogP contribution in [0.5, 0.6) is 5.75 Å². The minimum Gasteiger partial charge on any atom is -0.479 e. The molecule has 2 aromatic rings. The predicted molar refractivity (Wildman–Crippen MR) is 92.0 cm³/mol. The van der Waals surface area contributed by atoms with Gasteiger partial charge in [0.15, 0.2) is 12.7 Å². The van der Waals surface area contributed by atoms with Crippen molar-refractivity contribution in [1.82, 2.24) is 0 Å². The Morgan fingerprint density at radius 3 is 2.38 bits per heavy atom. The molecule has 5 heteroatoms. The molecule has 1 atom stereocenters. The van der Waals surface area contributed by atoms with E-state index in [0.717, 1.165) is 11.1 Å². The van der Waals surface area contributed by atoms with Crippen LogP contribution in [0.3, 0.4) is 0 Å². The summed E-state index contributed by atoms with van der Waals surface area (Å²) in [5.74, 6) is -0.392. The van der Waals surface area contributed by atoms with E-state index in [1.54, 1.807) is 19.1 Å². The van der Waals surface area contributed by atoms with Crippen molar-refractivity contribution in [2.24, 2.45) is 0 Å². The molecule has 1 amide bonds. The second kappa shape index (κ2) is 8.15. The summed E-state index contributed by atoms with van der Waals surface area (Å²) >= 11 is 0. The van der Waals surface area contributed by atoms with E-state index in [1.165, 1.54) is 0 Å². The Morgan fingerprint density at radius 2 is 1.71 bits per heavy atom. The summed E-state index contributed by atoms with van der Waals surface area (Å²) in [5, 5.41) is 2.68. The molecule has 2 rings (SSSR count). The molecule has 1 N–H and O–H groups in total. The molecule has 0 aromatic heterocycles. The summed E-state index contributed by atoms with van der Waals surface area (Å²) in [7, 11) is 0. The Balaban J connectivity index is 1.80. The topological polar surface area (TPSA) is 64.6 Å². The van der Waals surface area contributed by atoms with E-state index >= 15 is 0 Å². The van der Waals surface area contributed by atoms with Gasteiger partial charge in [0.05, 0.1) is 0 Å². The van der Waals surface area contributed by atoms with Gasteiger partial charge in [-0.15, -0.1) is 0 Å². The van der Waals surface area contributed by atoms with Gasteiger partial charge in [-0.1, -0.05) is 24.3 Å². The highest BCUT2D eigenvalue weighted by Crippen LogP contribution is 2.14. The summed E-state index contributed by atoms with van der Waals surface area (Å²) in [6, 6.07) is 14.8. The highest BCUT2D eigenvalue weighted by Gasteiger charge is 2.18. The summed E-state index contributed by atoms with van der Waals surface area (Å²) in [5.41, 5.74) is 2.73. The number of amides is 1. The number of esters is 1. The van der Waals surface area contributed by atoms with Crippen molar-refractivity contribution in [3.05, 3.63) is 59.7 Å². The van der Waals surface area contributed by atoms with Gasteiger partial charge < -0.3 is 14.8 Å². The molecule has 0 aliphatic rings. The lowest BCUT2D eigenvalue weighted by molar-refractivity contribution is -0.153. The molecule has 0 heterocycles. The summed E-state index contributed by atoms with van der Waals surface area (Å²) < 4.78 is 10.5. The number of aryl methyl sites for hydroxylation is 2. The third-order valence-electron chi connectivity index (χ3n) is 3.28. The molecule has 0 saturated carbocycles. The van der Waals surface area contributed by atoms with E-state index < -0.39 is 18.0 Å². The van der Waals surface area contributed by atoms with Gasteiger partial charge in [0.25, 0.3) is 5.91 Å². The zero-order chi connectivity index (χ0) is 17.5. The standard InChI is InChI=1S/C19H21NO4/c1-13-6-4-8-16(10-13)20-18(21)12-23-19(22)15(3)24-17-9-5-7-14(2)11-17/h4-11,15H,12H2,1-3H3,(H,20,21)/t15-/m0/s1. The van der Waals surface area contributed by atoms with Crippen LogP contribution in [0.4, 0.5) is 5.69 Å². The highest BCUT2D eigenvalue weighted by molar-refractivity contribution is 5.93. The van der Waals surface area contributed by atoms with Gasteiger partial charge in [-0.25, -0.2) is 4.79 Å². The number of benzene rings is 2. The average molecular weight is 327 g/mol. The van der Waals surface area contributed by atoms with Gasteiger partial charge in [0.1, 0.15) is 5.75 Å². The van der Waals surface area contributed by atoms with Crippen molar-refractivity contribution in [1.29, 1.82) is 0 Å². The summed E-state index contributed by atoms with van der Waals surface area (Å²) in [6.07, 6.45) is -0.793. The molecule has 0 unspecified atom stereocenters. The number of hydrogen-bond donors (Lipinski definition) is 1. The van der Waals surface area contributed by atoms with Gasteiger partial charge in [-0.2, -0.15) is 0 Å². The van der Waals surface area contributed by atoms with Crippen LogP contribution >= 0.6 is 0 Å². The lowest BCUT2D eigenvalue weighted by Gasteiger charge is -2.14. The van der Waals surface area contributed by atoms with E-state index in [2.05, 4.69) is 5.32 Å². The van der Waals surface area contributed by atoms with Gasteiger partial charge in [0.2, 0.25) is 0 Å². The first-order chi connectivity index (χ1) is 11.4. The van der Waals surface area contributed by atoms with E-state index in [0.29, 0.717) is 11.4 Å². The maximum absolute atomic E-state index is 11.9. The van der Waals surface area contributed by atoms with Crippen molar-refractivity contribution in [3.63, 3.8) is 0 Å². The van der Waals surface area contributed by atoms with Crippen LogP contribution in [0.25, 0.3) is 0 Å². The van der Waals surface area contributed by atoms with Crippen molar-refractivity contribution >= 4 is 17.6 Å². The molecule has 0 aliphatic heterocycles. The Hall–Kier alpha value is -2.82. The molecule has 0 saturated heterocycles. The molecule has 126 valence electrons. The SMILES string of the molecule is Cc1cccc(NC(=O)COC(=O)[C@H](C)Oc2cccc(C)c2)c1. The molecule has 0 radical (unpaired) electrons. The lowest BCUT2D eigenvalue weighted by atomic mass is 10.2. The quantitative estimate of drug-likeness (QED) is 0.827. The summed E-state index contributed by atoms with van der Waals surface area (Å²) in [4.78, 5) is 23.7. The molecule has 2 aromatic carbocycles. The van der Waals surface area contributed by atoms with Crippen LogP contribution in [-0.2, 0) is 14.3 Å². The Bertz CT molecular complexity index is 727. The first-order valence-corrected chi connectivity index (χ1v) is 7.70. The second-order valence-electron chi connectivity index (χ2n) is 5.60. The molecular weight excluding hydrogens is 306 g/mol. The second-order valence-corrected chi connectivity index (χ2v) is 5.60. The number of ether oxygens (including phenoxy) is 2. The third-order valence-corrected chi connectivity index (χ3v) is 3.28. The third kappa shape index (κ3) is 5.43. The summed E-state index contributed by atoms with van der Waals surface area (Å²) in [6.45, 7) is 5.10. The van der Waals surface area contributed by atoms with Crippen molar-refractivity contribution in [3.8, 4) is 5.75 Å². The number of nitrogens with one attached hydrogen (secondary N) is 1. The van der Waals surface area contributed by atoms with Gasteiger partial charge >= 0.3 is 5.97 Å². The van der Waals surface area contributed by atoms with E-state index in [9.17, 15) is 9.59 Å². The fourth-order valence-corrected chi connectivity index (χ4v) is 2.11. The van der Waals surface area contributed by atoms with Crippen LogP contribution in [0.2, 0.25) is 0 Å². The first-order valence-electron chi connectivity index (χ1n) is 7.70. The van der Waals surface area contributed by atoms with E-state index in [-0.39, 0.29) is 6.61 Å². The van der Waals surface area contributed by atoms with Crippen LogP contribution < -0.4 is 10.1 Å². The Morgan fingerprint density at radius 1 is 1.04 bits per heavy atom. The predicted octanol–water partition coefficient (Wildman–Crippen LogP) is 3.25. The number of carbonyl (C=O) groups is 2. The highest BCUT2D eigenvalue weighted by atomic mass is 16.6. The Kier molecular flexibility index (Phi) is 5.95. The zero-order valence-electron chi connectivity index (χ0n) is 14.0. The van der Waals surface area contributed by atoms with Crippen molar-refractivity contribution < 1.29 is 19.1 Å². The largest absolute Gasteiger partial charge is 0.479 e. The van der Waals surface area contributed by atoms with Gasteiger partial charge in [-0.05, 0) is 56.2 Å². The molecule has 0 aliphatic carbocycles. The molecule has 0 fully saturated rings. The van der Waals surface area contributed by atoms with Gasteiger partial charge in [-0.3, -0.25) is 4.79 Å². The van der Waals surface area contributed by atoms with Crippen LogP contribution in [0.15, 0.2) is 48.5 Å². The first kappa shape index (κ1) is 17.5. The smallest absolute Gasteiger partial charge is 0.347 e. The molecule has 0 spiro atoms. The van der Waals surface area contributed by atoms with Crippen LogP contribution in [0, 0.1) is 13.8 Å². The van der Waals surface area contributed by atoms with E-state index in [4.69, 9.17) is 9.47 Å². The lowest BCUT2D eigenvalue weighted by Crippen LogP contribution is -2.29. The fourth-order valence-electron chi connectivity index (χ4n) is 2.11. The van der Waals surface area contributed by atoms with Crippen molar-refractivity contribution in [2.75, 3.05) is 11.9 Å². The molecular formula is C19H21NO4. The Labute approximate surface area is 141 Å². The minimum absolute atomic E-state index is 0.353.